The maximum absolute atomic E-state index is 4.72. The van der Waals surface area contributed by atoms with Gasteiger partial charge in [0.1, 0.15) is 0 Å². The summed E-state index contributed by atoms with van der Waals surface area (Å²) in [5.74, 6) is 0. The van der Waals surface area contributed by atoms with E-state index in [1.165, 1.54) is 0 Å². The zero-order chi connectivity index (χ0) is 11.7. The third kappa shape index (κ3) is 1.62. The number of isothiocyanates is 1. The van der Waals surface area contributed by atoms with Crippen LogP contribution in [0.1, 0.15) is 0 Å². The molecular weight excluding hydrogens is 228 g/mol. The summed E-state index contributed by atoms with van der Waals surface area (Å²) in [4.78, 5) is 8.79. The normalized spacial score (nSPS) is 10.4. The highest BCUT2D eigenvalue weighted by molar-refractivity contribution is 7.78. The van der Waals surface area contributed by atoms with E-state index in [0.29, 0.717) is 0 Å². The lowest BCUT2D eigenvalue weighted by Gasteiger charge is -2.05. The fourth-order valence-electron chi connectivity index (χ4n) is 1.98. The van der Waals surface area contributed by atoms with Crippen LogP contribution in [0, 0.1) is 0 Å². The molecule has 0 spiro atoms. The molecule has 0 fully saturated rings. The van der Waals surface area contributed by atoms with E-state index in [0.717, 1.165) is 27.5 Å². The molecule has 0 saturated carbocycles. The summed E-state index contributed by atoms with van der Waals surface area (Å²) in [5.41, 5.74) is 2.70. The maximum Gasteiger partial charge on any atom is 0.0927 e. The Bertz CT molecular complexity index is 704. The van der Waals surface area contributed by atoms with Gasteiger partial charge >= 0.3 is 0 Å². The van der Waals surface area contributed by atoms with Crippen molar-refractivity contribution in [2.45, 2.75) is 0 Å². The van der Waals surface area contributed by atoms with Crippen molar-refractivity contribution < 1.29 is 0 Å². The van der Waals surface area contributed by atoms with Crippen molar-refractivity contribution in [3.8, 4) is 0 Å². The summed E-state index contributed by atoms with van der Waals surface area (Å²) in [5, 5.41) is 4.46. The summed E-state index contributed by atoms with van der Waals surface area (Å²) in [7, 11) is 0. The minimum absolute atomic E-state index is 0.848. The van der Waals surface area contributed by atoms with Gasteiger partial charge in [0.25, 0.3) is 0 Å². The Morgan fingerprint density at radius 1 is 0.882 bits per heavy atom. The van der Waals surface area contributed by atoms with Gasteiger partial charge in [0.05, 0.1) is 21.9 Å². The number of aliphatic imine (C=N–C) groups is 1. The van der Waals surface area contributed by atoms with Gasteiger partial charge < -0.3 is 0 Å². The maximum atomic E-state index is 4.72. The molecule has 2 aromatic carbocycles. The van der Waals surface area contributed by atoms with Crippen molar-refractivity contribution in [3.63, 3.8) is 0 Å². The largest absolute Gasteiger partial charge is 0.248 e. The minimum Gasteiger partial charge on any atom is -0.248 e. The molecule has 0 aliphatic rings. The van der Waals surface area contributed by atoms with Crippen LogP contribution >= 0.6 is 12.2 Å². The third-order valence-electron chi connectivity index (χ3n) is 2.72. The first-order valence-electron chi connectivity index (χ1n) is 5.25. The van der Waals surface area contributed by atoms with Gasteiger partial charge in [-0.1, -0.05) is 36.4 Å². The molecule has 1 aromatic heterocycles. The number of fused-ring (bicyclic) bond motifs is 2. The lowest BCUT2D eigenvalue weighted by atomic mass is 10.1. The van der Waals surface area contributed by atoms with Crippen LogP contribution in [-0.4, -0.2) is 10.1 Å². The van der Waals surface area contributed by atoms with E-state index in [2.05, 4.69) is 15.1 Å². The Morgan fingerprint density at radius 2 is 1.41 bits per heavy atom. The quantitative estimate of drug-likeness (QED) is 0.361. The lowest BCUT2D eigenvalue weighted by Crippen LogP contribution is -1.83. The van der Waals surface area contributed by atoms with E-state index in [-0.39, 0.29) is 0 Å². The summed E-state index contributed by atoms with van der Waals surface area (Å²) in [6.45, 7) is 0. The number of benzene rings is 2. The van der Waals surface area contributed by atoms with Crippen molar-refractivity contribution in [1.29, 1.82) is 0 Å². The summed E-state index contributed by atoms with van der Waals surface area (Å²) in [6, 6.07) is 15.8. The second-order valence-corrected chi connectivity index (χ2v) is 3.88. The minimum atomic E-state index is 0.848. The summed E-state index contributed by atoms with van der Waals surface area (Å²) < 4.78 is 0. The van der Waals surface area contributed by atoms with Crippen LogP contribution < -0.4 is 0 Å². The number of hydrogen-bond acceptors (Lipinski definition) is 3. The number of hydrogen-bond donors (Lipinski definition) is 0. The molecule has 0 N–H and O–H groups in total. The summed E-state index contributed by atoms with van der Waals surface area (Å²) >= 11 is 4.72. The molecule has 0 aliphatic heterocycles. The first-order valence-corrected chi connectivity index (χ1v) is 5.66. The first-order chi connectivity index (χ1) is 8.40. The van der Waals surface area contributed by atoms with Crippen LogP contribution in [0.3, 0.4) is 0 Å². The molecule has 80 valence electrons. The SMILES string of the molecule is S=C=Nc1c2ccccc2nc2ccccc12. The van der Waals surface area contributed by atoms with Crippen molar-refractivity contribution in [2.75, 3.05) is 0 Å². The Balaban J connectivity index is 2.60. The van der Waals surface area contributed by atoms with Gasteiger partial charge in [0.15, 0.2) is 0 Å². The molecule has 3 heteroatoms. The third-order valence-corrected chi connectivity index (χ3v) is 2.81. The fraction of sp³-hybridized carbons (Fsp3) is 0. The van der Waals surface area contributed by atoms with Crippen LogP contribution in [0.15, 0.2) is 53.5 Å². The topological polar surface area (TPSA) is 25.2 Å². The van der Waals surface area contributed by atoms with E-state index < -0.39 is 0 Å². The highest BCUT2D eigenvalue weighted by Crippen LogP contribution is 2.32. The first kappa shape index (κ1) is 10.1. The average Bonchev–Trinajstić information content (AvgIpc) is 2.39. The number of para-hydroxylation sites is 2. The Labute approximate surface area is 104 Å². The summed E-state index contributed by atoms with van der Waals surface area (Å²) in [6.07, 6.45) is 0. The van der Waals surface area contributed by atoms with E-state index in [9.17, 15) is 0 Å². The lowest BCUT2D eigenvalue weighted by molar-refractivity contribution is 1.48. The molecule has 1 heterocycles. The molecule has 3 aromatic rings. The molecule has 0 atom stereocenters. The molecule has 17 heavy (non-hydrogen) atoms. The molecule has 0 bridgehead atoms. The number of aromatic nitrogens is 1. The van der Waals surface area contributed by atoms with Crippen molar-refractivity contribution in [1.82, 2.24) is 4.98 Å². The van der Waals surface area contributed by atoms with E-state index in [1.54, 1.807) is 0 Å². The van der Waals surface area contributed by atoms with Gasteiger partial charge in [-0.15, -0.1) is 0 Å². The smallest absolute Gasteiger partial charge is 0.0927 e. The Morgan fingerprint density at radius 3 is 1.94 bits per heavy atom. The van der Waals surface area contributed by atoms with Crippen molar-refractivity contribution >= 4 is 44.9 Å². The second kappa shape index (κ2) is 4.06. The fourth-order valence-corrected chi connectivity index (χ4v) is 2.07. The van der Waals surface area contributed by atoms with Gasteiger partial charge in [0, 0.05) is 10.8 Å². The van der Waals surface area contributed by atoms with Gasteiger partial charge in [-0.05, 0) is 24.4 Å². The standard InChI is InChI=1S/C14H8N2S/c17-9-15-14-10-5-1-3-7-12(10)16-13-8-4-2-6-11(13)14/h1-8H. The van der Waals surface area contributed by atoms with Gasteiger partial charge in [-0.2, -0.15) is 4.99 Å². The molecular formula is C14H8N2S. The molecule has 0 saturated heterocycles. The zero-order valence-corrected chi connectivity index (χ0v) is 9.74. The van der Waals surface area contributed by atoms with Crippen LogP contribution in [-0.2, 0) is 0 Å². The number of rotatable bonds is 1. The van der Waals surface area contributed by atoms with Gasteiger partial charge in [-0.3, -0.25) is 0 Å². The average molecular weight is 236 g/mol. The predicted molar refractivity (Wildman–Crippen MR) is 73.9 cm³/mol. The zero-order valence-electron chi connectivity index (χ0n) is 8.92. The molecule has 0 aliphatic carbocycles. The van der Waals surface area contributed by atoms with E-state index in [1.807, 2.05) is 48.5 Å². The Kier molecular flexibility index (Phi) is 2.41. The van der Waals surface area contributed by atoms with Crippen LogP contribution in [0.5, 0.6) is 0 Å². The highest BCUT2D eigenvalue weighted by atomic mass is 32.1. The van der Waals surface area contributed by atoms with E-state index >= 15 is 0 Å². The molecule has 0 radical (unpaired) electrons. The molecule has 0 amide bonds. The molecule has 3 rings (SSSR count). The van der Waals surface area contributed by atoms with Crippen LogP contribution in [0.2, 0.25) is 0 Å². The van der Waals surface area contributed by atoms with Crippen LogP contribution in [0.4, 0.5) is 5.69 Å². The number of pyridine rings is 1. The van der Waals surface area contributed by atoms with Crippen LogP contribution in [0.25, 0.3) is 21.8 Å². The highest BCUT2D eigenvalue weighted by Gasteiger charge is 2.06. The predicted octanol–water partition coefficient (Wildman–Crippen LogP) is 4.12. The Hall–Kier alpha value is -2.09. The molecule has 0 unspecified atom stereocenters. The monoisotopic (exact) mass is 236 g/mol. The molecule has 2 nitrogen and oxygen atoms in total. The second-order valence-electron chi connectivity index (χ2n) is 3.70. The van der Waals surface area contributed by atoms with Gasteiger partial charge in [0.2, 0.25) is 0 Å². The number of nitrogens with zero attached hydrogens (tertiary/aromatic N) is 2. The number of thiocarbonyl (C=S) groups is 1. The van der Waals surface area contributed by atoms with Gasteiger partial charge in [-0.25, -0.2) is 4.98 Å². The van der Waals surface area contributed by atoms with Crippen molar-refractivity contribution in [3.05, 3.63) is 48.5 Å². The van der Waals surface area contributed by atoms with E-state index in [4.69, 9.17) is 12.2 Å². The van der Waals surface area contributed by atoms with Crippen molar-refractivity contribution in [2.24, 2.45) is 4.99 Å².